The van der Waals surface area contributed by atoms with Gasteiger partial charge in [0, 0.05) is 0 Å². The number of rotatable bonds is 1. The summed E-state index contributed by atoms with van der Waals surface area (Å²) in [6, 6.07) is 16.1. The van der Waals surface area contributed by atoms with Crippen molar-refractivity contribution >= 4 is 11.0 Å². The molecule has 0 N–H and O–H groups in total. The first-order valence-corrected chi connectivity index (χ1v) is 6.16. The molecule has 1 aromatic heterocycles. The predicted molar refractivity (Wildman–Crippen MR) is 75.3 cm³/mol. The monoisotopic (exact) mass is 247 g/mol. The summed E-state index contributed by atoms with van der Waals surface area (Å²) in [7, 11) is 0. The number of benzene rings is 2. The molecule has 0 saturated carbocycles. The number of aryl methyl sites for hydroxylation is 2. The summed E-state index contributed by atoms with van der Waals surface area (Å²) in [5, 5.41) is 9.29. The lowest BCUT2D eigenvalue weighted by Gasteiger charge is -2.09. The third-order valence-electron chi connectivity index (χ3n) is 3.24. The number of nitrogens with zero attached hydrogens (tertiary/aromatic N) is 3. The molecular formula is C16H13N3. The lowest BCUT2D eigenvalue weighted by molar-refractivity contribution is 0.994. The molecule has 0 bridgehead atoms. The minimum absolute atomic E-state index is 0.664. The fourth-order valence-electron chi connectivity index (χ4n) is 2.37. The van der Waals surface area contributed by atoms with E-state index in [0.29, 0.717) is 5.56 Å². The summed E-state index contributed by atoms with van der Waals surface area (Å²) < 4.78 is 2.04. The van der Waals surface area contributed by atoms with Gasteiger partial charge in [-0.05, 0) is 43.7 Å². The Kier molecular flexibility index (Phi) is 2.57. The van der Waals surface area contributed by atoms with E-state index < -0.39 is 0 Å². The standard InChI is InChI=1S/C16H13N3/c1-11-7-8-13(10-17)16(9-11)19-12(2)18-14-5-3-4-6-15(14)19/h3-9H,1-2H3. The largest absolute Gasteiger partial charge is 0.295 e. The first kappa shape index (κ1) is 11.5. The van der Waals surface area contributed by atoms with E-state index in [1.165, 1.54) is 0 Å². The van der Waals surface area contributed by atoms with Crippen molar-refractivity contribution in [2.75, 3.05) is 0 Å². The van der Waals surface area contributed by atoms with E-state index in [0.717, 1.165) is 28.1 Å². The van der Waals surface area contributed by atoms with E-state index in [1.807, 2.05) is 60.9 Å². The Labute approximate surface area is 111 Å². The quantitative estimate of drug-likeness (QED) is 0.660. The maximum absolute atomic E-state index is 9.29. The maximum Gasteiger partial charge on any atom is 0.111 e. The van der Waals surface area contributed by atoms with Crippen LogP contribution in [0.25, 0.3) is 16.7 Å². The molecule has 3 nitrogen and oxygen atoms in total. The smallest absolute Gasteiger partial charge is 0.111 e. The highest BCUT2D eigenvalue weighted by Gasteiger charge is 2.12. The molecule has 2 aromatic carbocycles. The Morgan fingerprint density at radius 1 is 1.11 bits per heavy atom. The average molecular weight is 247 g/mol. The Morgan fingerprint density at radius 3 is 2.68 bits per heavy atom. The highest BCUT2D eigenvalue weighted by Crippen LogP contribution is 2.24. The third-order valence-corrected chi connectivity index (χ3v) is 3.24. The van der Waals surface area contributed by atoms with Crippen LogP contribution >= 0.6 is 0 Å². The van der Waals surface area contributed by atoms with Gasteiger partial charge in [-0.3, -0.25) is 4.57 Å². The topological polar surface area (TPSA) is 41.6 Å². The lowest BCUT2D eigenvalue weighted by Crippen LogP contribution is -2.00. The SMILES string of the molecule is Cc1ccc(C#N)c(-n2c(C)nc3ccccc32)c1. The zero-order valence-corrected chi connectivity index (χ0v) is 10.9. The Morgan fingerprint density at radius 2 is 1.89 bits per heavy atom. The van der Waals surface area contributed by atoms with Gasteiger partial charge in [-0.1, -0.05) is 18.2 Å². The van der Waals surface area contributed by atoms with Crippen LogP contribution in [0.4, 0.5) is 0 Å². The van der Waals surface area contributed by atoms with Gasteiger partial charge < -0.3 is 0 Å². The molecule has 1 heterocycles. The highest BCUT2D eigenvalue weighted by molar-refractivity contribution is 5.79. The van der Waals surface area contributed by atoms with E-state index in [-0.39, 0.29) is 0 Å². The highest BCUT2D eigenvalue weighted by atomic mass is 15.1. The molecule has 92 valence electrons. The predicted octanol–water partition coefficient (Wildman–Crippen LogP) is 3.51. The van der Waals surface area contributed by atoms with Crippen molar-refractivity contribution in [2.24, 2.45) is 0 Å². The minimum atomic E-state index is 0.664. The van der Waals surface area contributed by atoms with Crippen LogP contribution in [0.1, 0.15) is 17.0 Å². The molecule has 3 rings (SSSR count). The Hall–Kier alpha value is -2.60. The molecule has 0 saturated heterocycles. The van der Waals surface area contributed by atoms with Gasteiger partial charge >= 0.3 is 0 Å². The van der Waals surface area contributed by atoms with Gasteiger partial charge in [-0.2, -0.15) is 5.26 Å². The van der Waals surface area contributed by atoms with Crippen molar-refractivity contribution in [3.05, 3.63) is 59.4 Å². The van der Waals surface area contributed by atoms with Gasteiger partial charge in [0.05, 0.1) is 22.3 Å². The van der Waals surface area contributed by atoms with Crippen LogP contribution in [-0.4, -0.2) is 9.55 Å². The van der Waals surface area contributed by atoms with E-state index >= 15 is 0 Å². The second-order valence-electron chi connectivity index (χ2n) is 4.62. The lowest BCUT2D eigenvalue weighted by atomic mass is 10.1. The number of fused-ring (bicyclic) bond motifs is 1. The molecule has 0 fully saturated rings. The summed E-state index contributed by atoms with van der Waals surface area (Å²) in [6.45, 7) is 3.99. The molecule has 0 aliphatic heterocycles. The van der Waals surface area contributed by atoms with Crippen molar-refractivity contribution in [2.45, 2.75) is 13.8 Å². The third kappa shape index (κ3) is 1.78. The number of hydrogen-bond acceptors (Lipinski definition) is 2. The number of para-hydroxylation sites is 2. The molecule has 0 spiro atoms. The van der Waals surface area contributed by atoms with Crippen molar-refractivity contribution in [1.82, 2.24) is 9.55 Å². The minimum Gasteiger partial charge on any atom is -0.295 e. The van der Waals surface area contributed by atoms with E-state index in [2.05, 4.69) is 11.1 Å². The zero-order valence-electron chi connectivity index (χ0n) is 10.9. The molecule has 3 aromatic rings. The second-order valence-corrected chi connectivity index (χ2v) is 4.62. The van der Waals surface area contributed by atoms with Crippen molar-refractivity contribution < 1.29 is 0 Å². The zero-order chi connectivity index (χ0) is 13.4. The van der Waals surface area contributed by atoms with Crippen molar-refractivity contribution in [3.63, 3.8) is 0 Å². The van der Waals surface area contributed by atoms with E-state index in [9.17, 15) is 5.26 Å². The molecule has 3 heteroatoms. The fourth-order valence-corrected chi connectivity index (χ4v) is 2.37. The molecule has 0 aliphatic carbocycles. The summed E-state index contributed by atoms with van der Waals surface area (Å²) >= 11 is 0. The van der Waals surface area contributed by atoms with Crippen LogP contribution in [0, 0.1) is 25.2 Å². The van der Waals surface area contributed by atoms with Crippen molar-refractivity contribution in [3.8, 4) is 11.8 Å². The van der Waals surface area contributed by atoms with Gasteiger partial charge in [-0.15, -0.1) is 0 Å². The average Bonchev–Trinajstić information content (AvgIpc) is 2.74. The summed E-state index contributed by atoms with van der Waals surface area (Å²) in [5.74, 6) is 0.892. The number of aromatic nitrogens is 2. The number of hydrogen-bond donors (Lipinski definition) is 0. The van der Waals surface area contributed by atoms with Crippen LogP contribution in [0.15, 0.2) is 42.5 Å². The van der Waals surface area contributed by atoms with Crippen molar-refractivity contribution in [1.29, 1.82) is 5.26 Å². The Balaban J connectivity index is 2.40. The molecule has 0 amide bonds. The first-order chi connectivity index (χ1) is 9.20. The Bertz CT molecular complexity index is 806. The van der Waals surface area contributed by atoms with Gasteiger partial charge in [0.2, 0.25) is 0 Å². The second kappa shape index (κ2) is 4.25. The fraction of sp³-hybridized carbons (Fsp3) is 0.125. The van der Waals surface area contributed by atoms with Crippen LogP contribution in [0.3, 0.4) is 0 Å². The first-order valence-electron chi connectivity index (χ1n) is 6.16. The molecule has 19 heavy (non-hydrogen) atoms. The van der Waals surface area contributed by atoms with Gasteiger partial charge in [-0.25, -0.2) is 4.98 Å². The normalized spacial score (nSPS) is 10.6. The van der Waals surface area contributed by atoms with Gasteiger partial charge in [0.25, 0.3) is 0 Å². The number of imidazole rings is 1. The summed E-state index contributed by atoms with van der Waals surface area (Å²) in [4.78, 5) is 4.55. The number of nitriles is 1. The molecule has 0 unspecified atom stereocenters. The molecule has 0 aliphatic rings. The van der Waals surface area contributed by atoms with Crippen LogP contribution in [0.5, 0.6) is 0 Å². The molecular weight excluding hydrogens is 234 g/mol. The molecule has 0 radical (unpaired) electrons. The van der Waals surface area contributed by atoms with E-state index in [4.69, 9.17) is 0 Å². The van der Waals surface area contributed by atoms with Crippen LogP contribution in [0.2, 0.25) is 0 Å². The molecule has 0 atom stereocenters. The van der Waals surface area contributed by atoms with E-state index in [1.54, 1.807) is 0 Å². The summed E-state index contributed by atoms with van der Waals surface area (Å²) in [6.07, 6.45) is 0. The van der Waals surface area contributed by atoms with Crippen LogP contribution < -0.4 is 0 Å². The maximum atomic E-state index is 9.29. The van der Waals surface area contributed by atoms with Gasteiger partial charge in [0.15, 0.2) is 0 Å². The summed E-state index contributed by atoms with van der Waals surface area (Å²) in [5.41, 5.74) is 4.67. The van der Waals surface area contributed by atoms with Crippen LogP contribution in [-0.2, 0) is 0 Å². The van der Waals surface area contributed by atoms with Gasteiger partial charge in [0.1, 0.15) is 11.9 Å².